The summed E-state index contributed by atoms with van der Waals surface area (Å²) >= 11 is 0. The second-order valence-corrected chi connectivity index (χ2v) is 11.7. The van der Waals surface area contributed by atoms with Gasteiger partial charge in [-0.25, -0.2) is 0 Å². The van der Waals surface area contributed by atoms with Crippen LogP contribution in [0.3, 0.4) is 0 Å². The van der Waals surface area contributed by atoms with E-state index in [1.165, 1.54) is 6.92 Å². The number of carbonyl (C=O) groups is 2. The summed E-state index contributed by atoms with van der Waals surface area (Å²) in [4.78, 5) is 30.6. The molecule has 0 aromatic carbocycles. The van der Waals surface area contributed by atoms with E-state index in [2.05, 4.69) is 17.4 Å². The summed E-state index contributed by atoms with van der Waals surface area (Å²) in [5.41, 5.74) is 0.252. The molecule has 34 heavy (non-hydrogen) atoms. The maximum atomic E-state index is 12.8. The van der Waals surface area contributed by atoms with Gasteiger partial charge in [0.1, 0.15) is 11.9 Å². The Labute approximate surface area is 201 Å². The molecule has 0 aromatic rings. The number of fused-ring (bicyclic) bond motifs is 5. The molecule has 5 rings (SSSR count). The number of rotatable bonds is 5. The van der Waals surface area contributed by atoms with Crippen LogP contribution in [0.4, 0.5) is 0 Å². The number of carbonyl (C=O) groups excluding carboxylic acids is 2. The van der Waals surface area contributed by atoms with Crippen LogP contribution in [-0.2, 0) is 19.2 Å². The molecule has 0 bridgehead atoms. The van der Waals surface area contributed by atoms with E-state index in [9.17, 15) is 19.8 Å². The lowest BCUT2D eigenvalue weighted by atomic mass is 9.42. The van der Waals surface area contributed by atoms with Gasteiger partial charge in [0, 0.05) is 49.7 Å². The number of aliphatic hydroxyl groups is 2. The van der Waals surface area contributed by atoms with Gasteiger partial charge in [-0.15, -0.1) is 0 Å². The van der Waals surface area contributed by atoms with Crippen molar-refractivity contribution in [2.24, 2.45) is 45.6 Å². The fourth-order valence-electron chi connectivity index (χ4n) is 8.51. The molecule has 0 amide bonds. The van der Waals surface area contributed by atoms with Crippen molar-refractivity contribution in [2.45, 2.75) is 77.4 Å². The van der Waals surface area contributed by atoms with Gasteiger partial charge in [-0.05, 0) is 68.7 Å². The Kier molecular flexibility index (Phi) is 6.53. The smallest absolute Gasteiger partial charge is 0.302 e. The van der Waals surface area contributed by atoms with Crippen molar-refractivity contribution in [3.05, 3.63) is 0 Å². The summed E-state index contributed by atoms with van der Waals surface area (Å²) in [7, 11) is 0. The van der Waals surface area contributed by atoms with E-state index in [-0.39, 0.29) is 59.1 Å². The largest absolute Gasteiger partial charge is 0.465 e. The lowest BCUT2D eigenvalue weighted by Gasteiger charge is -2.63. The van der Waals surface area contributed by atoms with Gasteiger partial charge in [0.25, 0.3) is 0 Å². The average Bonchev–Trinajstić information content (AvgIpc) is 3.44. The molecule has 5 aliphatic rings. The minimum atomic E-state index is -0.680. The number of aliphatic hydroxyl groups excluding tert-OH is 2. The predicted molar refractivity (Wildman–Crippen MR) is 125 cm³/mol. The zero-order chi connectivity index (χ0) is 24.1. The highest BCUT2D eigenvalue weighted by atomic mass is 16.6. The van der Waals surface area contributed by atoms with Crippen molar-refractivity contribution in [2.75, 3.05) is 26.3 Å². The fraction of sp³-hybridized carbons (Fsp3) is 0.885. The van der Waals surface area contributed by atoms with Gasteiger partial charge in [0.05, 0.1) is 18.4 Å². The van der Waals surface area contributed by atoms with Gasteiger partial charge in [0.2, 0.25) is 0 Å². The summed E-state index contributed by atoms with van der Waals surface area (Å²) in [6.07, 6.45) is 5.57. The first-order valence-corrected chi connectivity index (χ1v) is 13.2. The summed E-state index contributed by atoms with van der Waals surface area (Å²) in [5, 5.41) is 30.0. The Morgan fingerprint density at radius 1 is 1.18 bits per heavy atom. The number of esters is 1. The highest BCUT2D eigenvalue weighted by Crippen LogP contribution is 2.66. The third-order valence-corrected chi connectivity index (χ3v) is 10.3. The van der Waals surface area contributed by atoms with Gasteiger partial charge in [-0.2, -0.15) is 0 Å². The minimum Gasteiger partial charge on any atom is -0.465 e. The van der Waals surface area contributed by atoms with Crippen LogP contribution in [-0.4, -0.2) is 66.2 Å². The monoisotopic (exact) mass is 476 g/mol. The third kappa shape index (κ3) is 3.80. The summed E-state index contributed by atoms with van der Waals surface area (Å²) in [5.74, 6) is -0.165. The number of nitrogens with one attached hydrogen (secondary N) is 1. The van der Waals surface area contributed by atoms with Crippen LogP contribution in [0.2, 0.25) is 0 Å². The molecule has 8 heteroatoms. The Morgan fingerprint density at radius 3 is 2.71 bits per heavy atom. The Morgan fingerprint density at radius 2 is 2.00 bits per heavy atom. The van der Waals surface area contributed by atoms with E-state index in [1.807, 2.05) is 0 Å². The summed E-state index contributed by atoms with van der Waals surface area (Å²) < 4.78 is 5.70. The maximum Gasteiger partial charge on any atom is 0.302 e. The van der Waals surface area contributed by atoms with Crippen molar-refractivity contribution in [3.8, 4) is 0 Å². The number of Topliss-reactive ketones (excluding diaryl/α,β-unsaturated/α-hetero) is 1. The molecule has 9 atom stereocenters. The maximum absolute atomic E-state index is 12.8. The Bertz CT molecular complexity index is 841. The van der Waals surface area contributed by atoms with Crippen molar-refractivity contribution in [3.63, 3.8) is 0 Å². The van der Waals surface area contributed by atoms with E-state index < -0.39 is 6.10 Å². The molecular weight excluding hydrogens is 436 g/mol. The lowest BCUT2D eigenvalue weighted by Crippen LogP contribution is -2.64. The number of nitrogens with zero attached hydrogens (tertiary/aromatic N) is 1. The van der Waals surface area contributed by atoms with E-state index in [0.29, 0.717) is 25.2 Å². The first-order valence-electron chi connectivity index (χ1n) is 13.2. The molecule has 5 unspecified atom stereocenters. The molecule has 3 N–H and O–H groups in total. The molecule has 5 fully saturated rings. The van der Waals surface area contributed by atoms with Crippen molar-refractivity contribution in [1.29, 1.82) is 0 Å². The van der Waals surface area contributed by atoms with Crippen LogP contribution >= 0.6 is 0 Å². The standard InChI is InChI=1S/C26H40N2O6/c1-15(30)33-14-26-9-5-16(28-34-17-7-10-27-12-17)11-21(26)18(13-29)24(32)23-19-3-4-22(31)25(19,2)8-6-20(23)26/h17-21,23-24,27,29,32H,3-14H2,1-2H3/b28-16+/t17?,18-,19?,20?,21?,23?,24-,25+,26+/m1/s1. The Balaban J connectivity index is 1.48. The molecule has 1 saturated heterocycles. The Hall–Kier alpha value is -1.51. The number of oxime groups is 1. The van der Waals surface area contributed by atoms with Crippen LogP contribution in [0.5, 0.6) is 0 Å². The molecular formula is C26H40N2O6. The molecule has 1 heterocycles. The quantitative estimate of drug-likeness (QED) is 0.411. The SMILES string of the molecule is CC(=O)OC[C@]12CC/C(=N\OC3CCNC3)CC1[C@@H](CO)[C@@H](O)C1C2CC[C@]2(C)C(=O)CCC12. The zero-order valence-corrected chi connectivity index (χ0v) is 20.5. The second-order valence-electron chi connectivity index (χ2n) is 11.7. The zero-order valence-electron chi connectivity index (χ0n) is 20.5. The topological polar surface area (TPSA) is 117 Å². The highest BCUT2D eigenvalue weighted by Gasteiger charge is 2.66. The van der Waals surface area contributed by atoms with Gasteiger partial charge in [-0.1, -0.05) is 12.1 Å². The molecule has 1 aliphatic heterocycles. The molecule has 4 saturated carbocycles. The molecule has 190 valence electrons. The average molecular weight is 477 g/mol. The fourth-order valence-corrected chi connectivity index (χ4v) is 8.51. The number of hydrogen-bond donors (Lipinski definition) is 3. The van der Waals surface area contributed by atoms with Crippen LogP contribution in [0.15, 0.2) is 5.16 Å². The normalized spacial score (nSPS) is 47.1. The number of ether oxygens (including phenoxy) is 1. The van der Waals surface area contributed by atoms with Gasteiger partial charge >= 0.3 is 5.97 Å². The molecule has 0 spiro atoms. The number of ketones is 1. The predicted octanol–water partition coefficient (Wildman–Crippen LogP) is 2.07. The summed E-state index contributed by atoms with van der Waals surface area (Å²) in [6.45, 7) is 5.43. The minimum absolute atomic E-state index is 0.0487. The van der Waals surface area contributed by atoms with Crippen molar-refractivity contribution < 1.29 is 29.4 Å². The first-order chi connectivity index (χ1) is 16.3. The summed E-state index contributed by atoms with van der Waals surface area (Å²) in [6, 6.07) is 0. The van der Waals surface area contributed by atoms with E-state index >= 15 is 0 Å². The lowest BCUT2D eigenvalue weighted by molar-refractivity contribution is -0.210. The molecule has 8 nitrogen and oxygen atoms in total. The van der Waals surface area contributed by atoms with Crippen LogP contribution in [0, 0.1) is 40.4 Å². The van der Waals surface area contributed by atoms with Gasteiger partial charge < -0.3 is 25.1 Å². The second kappa shape index (κ2) is 9.17. The van der Waals surface area contributed by atoms with Crippen LogP contribution in [0.1, 0.15) is 65.2 Å². The van der Waals surface area contributed by atoms with Crippen molar-refractivity contribution in [1.82, 2.24) is 5.32 Å². The first kappa shape index (κ1) is 24.2. The van der Waals surface area contributed by atoms with Crippen molar-refractivity contribution >= 4 is 17.5 Å². The van der Waals surface area contributed by atoms with E-state index in [1.54, 1.807) is 0 Å². The van der Waals surface area contributed by atoms with Gasteiger partial charge in [0.15, 0.2) is 0 Å². The highest BCUT2D eigenvalue weighted by molar-refractivity contribution is 5.87. The van der Waals surface area contributed by atoms with E-state index in [0.717, 1.165) is 57.3 Å². The molecule has 0 aromatic heterocycles. The van der Waals surface area contributed by atoms with Crippen LogP contribution < -0.4 is 5.32 Å². The van der Waals surface area contributed by atoms with E-state index in [4.69, 9.17) is 9.57 Å². The third-order valence-electron chi connectivity index (χ3n) is 10.3. The van der Waals surface area contributed by atoms with Gasteiger partial charge in [-0.3, -0.25) is 9.59 Å². The number of hydrogen-bond acceptors (Lipinski definition) is 8. The molecule has 0 radical (unpaired) electrons. The van der Waals surface area contributed by atoms with Crippen LogP contribution in [0.25, 0.3) is 0 Å². The molecule has 4 aliphatic carbocycles.